The van der Waals surface area contributed by atoms with Crippen molar-refractivity contribution in [2.24, 2.45) is 0 Å². The van der Waals surface area contributed by atoms with Crippen LogP contribution in [0, 0.1) is 0 Å². The van der Waals surface area contributed by atoms with Crippen molar-refractivity contribution in [2.45, 2.75) is 31.3 Å². The van der Waals surface area contributed by atoms with E-state index in [2.05, 4.69) is 14.9 Å². The molecule has 1 fully saturated rings. The summed E-state index contributed by atoms with van der Waals surface area (Å²) in [7, 11) is 0. The fourth-order valence-corrected chi connectivity index (χ4v) is 3.93. The molecule has 1 aromatic carbocycles. The minimum absolute atomic E-state index is 0.203. The molecule has 1 saturated heterocycles. The highest BCUT2D eigenvalue weighted by atomic mass is 16.4. The van der Waals surface area contributed by atoms with Crippen molar-refractivity contribution >= 4 is 16.9 Å². The number of rotatable bonds is 4. The second-order valence-corrected chi connectivity index (χ2v) is 6.66. The summed E-state index contributed by atoms with van der Waals surface area (Å²) in [5.74, 6) is -0.760. The number of pyridine rings is 2. The predicted molar refractivity (Wildman–Crippen MR) is 99.8 cm³/mol. The van der Waals surface area contributed by atoms with Crippen molar-refractivity contribution in [3.63, 3.8) is 0 Å². The number of likely N-dealkylation sites (tertiary alicyclic amines) is 1. The second kappa shape index (κ2) is 7.22. The maximum Gasteiger partial charge on any atom is 0.320 e. The van der Waals surface area contributed by atoms with Gasteiger partial charge in [-0.25, -0.2) is 0 Å². The van der Waals surface area contributed by atoms with Crippen LogP contribution in [0.5, 0.6) is 0 Å². The standard InChI is InChI=1S/C21H21N3O2/c25-21(26)19-10-4-6-14-24(19)20(18-9-3-5-12-22-18)16-11-13-23-17-8-2-1-7-15(16)17/h1-3,5,7-9,11-13,19-20H,4,6,10,14H2,(H,25,26). The Morgan fingerprint density at radius 1 is 1.04 bits per heavy atom. The van der Waals surface area contributed by atoms with Crippen LogP contribution in [0.4, 0.5) is 0 Å². The number of hydrogen-bond donors (Lipinski definition) is 1. The molecular weight excluding hydrogens is 326 g/mol. The average Bonchev–Trinajstić information content (AvgIpc) is 2.69. The molecule has 0 spiro atoms. The Morgan fingerprint density at radius 3 is 2.69 bits per heavy atom. The number of hydrogen-bond acceptors (Lipinski definition) is 4. The Morgan fingerprint density at radius 2 is 1.88 bits per heavy atom. The molecule has 3 heterocycles. The molecule has 5 heteroatoms. The third kappa shape index (κ3) is 3.06. The summed E-state index contributed by atoms with van der Waals surface area (Å²) in [6.07, 6.45) is 6.18. The first-order valence-electron chi connectivity index (χ1n) is 8.99. The number of nitrogens with zero attached hydrogens (tertiary/aromatic N) is 3. The number of carbonyl (C=O) groups is 1. The van der Waals surface area contributed by atoms with E-state index in [9.17, 15) is 9.90 Å². The summed E-state index contributed by atoms with van der Waals surface area (Å²) in [5.41, 5.74) is 2.84. The summed E-state index contributed by atoms with van der Waals surface area (Å²) in [6.45, 7) is 0.745. The second-order valence-electron chi connectivity index (χ2n) is 6.66. The van der Waals surface area contributed by atoms with Gasteiger partial charge in [0.2, 0.25) is 0 Å². The lowest BCUT2D eigenvalue weighted by atomic mass is 9.92. The van der Waals surface area contributed by atoms with Gasteiger partial charge in [0.1, 0.15) is 6.04 Å². The van der Waals surface area contributed by atoms with Crippen molar-refractivity contribution in [1.82, 2.24) is 14.9 Å². The highest BCUT2D eigenvalue weighted by Crippen LogP contribution is 2.36. The van der Waals surface area contributed by atoms with E-state index in [1.54, 1.807) is 12.4 Å². The van der Waals surface area contributed by atoms with Crippen LogP contribution >= 0.6 is 0 Å². The number of carboxylic acid groups (broad SMARTS) is 1. The number of para-hydroxylation sites is 1. The molecule has 2 aromatic heterocycles. The summed E-state index contributed by atoms with van der Waals surface area (Å²) < 4.78 is 0. The lowest BCUT2D eigenvalue weighted by molar-refractivity contribution is -0.145. The van der Waals surface area contributed by atoms with E-state index in [0.29, 0.717) is 6.42 Å². The molecule has 132 valence electrons. The first-order valence-corrected chi connectivity index (χ1v) is 8.99. The highest BCUT2D eigenvalue weighted by Gasteiger charge is 2.36. The maximum atomic E-state index is 11.9. The fourth-order valence-electron chi connectivity index (χ4n) is 3.93. The van der Waals surface area contributed by atoms with Gasteiger partial charge in [-0.3, -0.25) is 19.7 Å². The van der Waals surface area contributed by atoms with Crippen LogP contribution in [0.1, 0.15) is 36.6 Å². The van der Waals surface area contributed by atoms with Crippen molar-refractivity contribution in [1.29, 1.82) is 0 Å². The molecule has 5 nitrogen and oxygen atoms in total. The Balaban J connectivity index is 1.90. The van der Waals surface area contributed by atoms with E-state index >= 15 is 0 Å². The van der Waals surface area contributed by atoms with Gasteiger partial charge >= 0.3 is 5.97 Å². The molecule has 1 N–H and O–H groups in total. The monoisotopic (exact) mass is 347 g/mol. The van der Waals surface area contributed by atoms with Crippen LogP contribution in [0.25, 0.3) is 10.9 Å². The molecule has 2 unspecified atom stereocenters. The summed E-state index contributed by atoms with van der Waals surface area (Å²) in [5, 5.41) is 10.8. The Hall–Kier alpha value is -2.79. The average molecular weight is 347 g/mol. The number of piperidine rings is 1. The van der Waals surface area contributed by atoms with E-state index in [4.69, 9.17) is 0 Å². The van der Waals surface area contributed by atoms with E-state index in [0.717, 1.165) is 41.5 Å². The number of benzene rings is 1. The number of aromatic nitrogens is 2. The van der Waals surface area contributed by atoms with Gasteiger partial charge in [-0.05, 0) is 49.2 Å². The Bertz CT molecular complexity index is 908. The van der Waals surface area contributed by atoms with Gasteiger partial charge in [0.15, 0.2) is 0 Å². The smallest absolute Gasteiger partial charge is 0.320 e. The van der Waals surface area contributed by atoms with Crippen LogP contribution in [-0.4, -0.2) is 38.5 Å². The van der Waals surface area contributed by atoms with Crippen LogP contribution in [-0.2, 0) is 4.79 Å². The first kappa shape index (κ1) is 16.7. The van der Waals surface area contributed by atoms with Crippen molar-refractivity contribution in [3.05, 3.63) is 72.2 Å². The number of fused-ring (bicyclic) bond motifs is 1. The summed E-state index contributed by atoms with van der Waals surface area (Å²) in [4.78, 5) is 23.1. The molecule has 0 saturated carbocycles. The van der Waals surface area contributed by atoms with Gasteiger partial charge in [-0.1, -0.05) is 30.7 Å². The highest BCUT2D eigenvalue weighted by molar-refractivity contribution is 5.83. The van der Waals surface area contributed by atoms with Gasteiger partial charge in [-0.2, -0.15) is 0 Å². The summed E-state index contributed by atoms with van der Waals surface area (Å²) in [6, 6.07) is 15.1. The first-order chi connectivity index (χ1) is 12.8. The minimum Gasteiger partial charge on any atom is -0.480 e. The molecule has 26 heavy (non-hydrogen) atoms. The zero-order chi connectivity index (χ0) is 17.9. The molecule has 0 radical (unpaired) electrons. The quantitative estimate of drug-likeness (QED) is 0.780. The largest absolute Gasteiger partial charge is 0.480 e. The van der Waals surface area contributed by atoms with Crippen molar-refractivity contribution in [2.75, 3.05) is 6.54 Å². The number of aliphatic carboxylic acids is 1. The third-order valence-corrected chi connectivity index (χ3v) is 5.11. The lowest BCUT2D eigenvalue weighted by Gasteiger charge is -2.39. The van der Waals surface area contributed by atoms with Crippen LogP contribution in [0.15, 0.2) is 60.9 Å². The van der Waals surface area contributed by atoms with Crippen LogP contribution < -0.4 is 0 Å². The normalized spacial score (nSPS) is 19.3. The topological polar surface area (TPSA) is 66.3 Å². The van der Waals surface area contributed by atoms with E-state index in [-0.39, 0.29) is 6.04 Å². The van der Waals surface area contributed by atoms with E-state index in [1.807, 2.05) is 48.5 Å². The van der Waals surface area contributed by atoms with Crippen LogP contribution in [0.3, 0.4) is 0 Å². The Kier molecular flexibility index (Phi) is 4.63. The molecule has 0 bridgehead atoms. The third-order valence-electron chi connectivity index (χ3n) is 5.11. The minimum atomic E-state index is -0.760. The van der Waals surface area contributed by atoms with Gasteiger partial charge in [0.25, 0.3) is 0 Å². The van der Waals surface area contributed by atoms with Gasteiger partial charge in [-0.15, -0.1) is 0 Å². The van der Waals surface area contributed by atoms with Gasteiger partial charge in [0, 0.05) is 17.8 Å². The van der Waals surface area contributed by atoms with Gasteiger partial charge < -0.3 is 5.11 Å². The zero-order valence-electron chi connectivity index (χ0n) is 14.5. The molecule has 0 aliphatic carbocycles. The van der Waals surface area contributed by atoms with Crippen molar-refractivity contribution in [3.8, 4) is 0 Å². The number of carboxylic acids is 1. The Labute approximate surface area is 152 Å². The van der Waals surface area contributed by atoms with Crippen LogP contribution in [0.2, 0.25) is 0 Å². The van der Waals surface area contributed by atoms with E-state index in [1.165, 1.54) is 0 Å². The van der Waals surface area contributed by atoms with Crippen molar-refractivity contribution < 1.29 is 9.90 Å². The molecule has 2 atom stereocenters. The molecule has 1 aliphatic rings. The maximum absolute atomic E-state index is 11.9. The molecule has 4 rings (SSSR count). The van der Waals surface area contributed by atoms with E-state index < -0.39 is 12.0 Å². The predicted octanol–water partition coefficient (Wildman–Crippen LogP) is 3.66. The fraction of sp³-hybridized carbons (Fsp3) is 0.286. The molecular formula is C21H21N3O2. The van der Waals surface area contributed by atoms with Gasteiger partial charge in [0.05, 0.1) is 17.3 Å². The molecule has 1 aliphatic heterocycles. The molecule has 0 amide bonds. The zero-order valence-corrected chi connectivity index (χ0v) is 14.5. The SMILES string of the molecule is O=C(O)C1CCCCN1C(c1ccccn1)c1ccnc2ccccc12. The molecule has 3 aromatic rings. The lowest BCUT2D eigenvalue weighted by Crippen LogP contribution is -2.47. The summed E-state index contributed by atoms with van der Waals surface area (Å²) >= 11 is 0.